The summed E-state index contributed by atoms with van der Waals surface area (Å²) in [6.07, 6.45) is 3.65. The van der Waals surface area contributed by atoms with E-state index in [0.717, 1.165) is 133 Å². The molecule has 0 radical (unpaired) electrons. The lowest BCUT2D eigenvalue weighted by Gasteiger charge is -2.25. The Morgan fingerprint density at radius 2 is 0.623 bits per heavy atom. The van der Waals surface area contributed by atoms with Gasteiger partial charge in [-0.05, 0) is 168 Å². The van der Waals surface area contributed by atoms with Crippen molar-refractivity contribution in [1.82, 2.24) is 62.7 Å². The molecular formula is C133H85N13. The van der Waals surface area contributed by atoms with Crippen LogP contribution in [0.1, 0.15) is 25.0 Å². The molecule has 1 aliphatic carbocycles. The van der Waals surface area contributed by atoms with Gasteiger partial charge >= 0.3 is 0 Å². The minimum absolute atomic E-state index is 0.277. The van der Waals surface area contributed by atoms with Crippen LogP contribution in [0, 0.1) is 0 Å². The second-order valence-electron chi connectivity index (χ2n) is 38.3. The number of nitrogens with zero attached hydrogens (tertiary/aromatic N) is 13. The predicted octanol–water partition coefficient (Wildman–Crippen LogP) is 33.3. The number of hydrogen-bond donors (Lipinski definition) is 0. The summed E-state index contributed by atoms with van der Waals surface area (Å²) < 4.78 is 11.9. The summed E-state index contributed by atoms with van der Waals surface area (Å²) in [5.74, 6) is 2.49. The Kier molecular flexibility index (Phi) is 19.1. The van der Waals surface area contributed by atoms with Crippen LogP contribution >= 0.6 is 0 Å². The van der Waals surface area contributed by atoms with Crippen molar-refractivity contribution in [3.05, 3.63) is 491 Å². The number of hydrogen-bond acceptors (Lipinski definition) is 8. The van der Waals surface area contributed by atoms with E-state index in [-0.39, 0.29) is 5.41 Å². The predicted molar refractivity (Wildman–Crippen MR) is 603 cm³/mol. The molecular weight excluding hydrogens is 1780 g/mol. The maximum absolute atomic E-state index is 5.43. The average Bonchev–Trinajstić information content (AvgIpc) is 1.54. The van der Waals surface area contributed by atoms with Crippen LogP contribution in [-0.2, 0) is 5.41 Å². The van der Waals surface area contributed by atoms with E-state index in [1.165, 1.54) is 125 Å². The Bertz CT molecular complexity index is 10500. The van der Waals surface area contributed by atoms with Crippen LogP contribution in [0.4, 0.5) is 0 Å². The summed E-state index contributed by atoms with van der Waals surface area (Å²) >= 11 is 0. The van der Waals surface area contributed by atoms with E-state index in [9.17, 15) is 0 Å². The summed E-state index contributed by atoms with van der Waals surface area (Å²) in [6, 6.07) is 165. The molecule has 0 fully saturated rings. The van der Waals surface area contributed by atoms with E-state index in [1.54, 1.807) is 0 Å². The molecule has 10 aromatic heterocycles. The van der Waals surface area contributed by atoms with Crippen LogP contribution in [0.3, 0.4) is 0 Å². The molecule has 30 aromatic rings. The maximum Gasteiger partial charge on any atom is 0.238 e. The van der Waals surface area contributed by atoms with Crippen molar-refractivity contribution in [2.45, 2.75) is 19.3 Å². The first-order valence-corrected chi connectivity index (χ1v) is 49.6. The van der Waals surface area contributed by atoms with Crippen LogP contribution in [0.25, 0.3) is 271 Å². The van der Waals surface area contributed by atoms with Gasteiger partial charge in [-0.1, -0.05) is 384 Å². The van der Waals surface area contributed by atoms with E-state index in [1.807, 2.05) is 91.3 Å². The second-order valence-corrected chi connectivity index (χ2v) is 38.3. The molecule has 10 heterocycles. The third kappa shape index (κ3) is 13.0. The monoisotopic (exact) mass is 1860 g/mol. The van der Waals surface area contributed by atoms with Crippen molar-refractivity contribution < 1.29 is 0 Å². The van der Waals surface area contributed by atoms with Gasteiger partial charge in [0.1, 0.15) is 0 Å². The van der Waals surface area contributed by atoms with Gasteiger partial charge in [-0.15, -0.1) is 0 Å². The van der Waals surface area contributed by atoms with Crippen molar-refractivity contribution in [3.63, 3.8) is 0 Å². The Hall–Kier alpha value is -19.5. The van der Waals surface area contributed by atoms with Crippen LogP contribution in [0.2, 0.25) is 0 Å². The number of para-hydroxylation sites is 5. The molecule has 682 valence electrons. The first-order valence-electron chi connectivity index (χ1n) is 49.6. The number of aromatic nitrogens is 13. The smallest absolute Gasteiger partial charge is 0.238 e. The van der Waals surface area contributed by atoms with Crippen LogP contribution in [-0.4, -0.2) is 62.7 Å². The first-order chi connectivity index (χ1) is 72.2. The Morgan fingerprint density at radius 3 is 1.24 bits per heavy atom. The largest absolute Gasteiger partial charge is 0.309 e. The lowest BCUT2D eigenvalue weighted by molar-refractivity contribution is 0.670. The summed E-state index contributed by atoms with van der Waals surface area (Å²) in [5, 5.41) is 25.3. The van der Waals surface area contributed by atoms with Gasteiger partial charge in [-0.25, -0.2) is 19.9 Å². The molecule has 0 bridgehead atoms. The Morgan fingerprint density at radius 1 is 0.205 bits per heavy atom. The fourth-order valence-corrected chi connectivity index (χ4v) is 23.6. The highest BCUT2D eigenvalue weighted by atomic mass is 15.2. The van der Waals surface area contributed by atoms with Gasteiger partial charge in [0.25, 0.3) is 0 Å². The Labute approximate surface area is 837 Å². The van der Waals surface area contributed by atoms with E-state index in [2.05, 4.69) is 425 Å². The fraction of sp³-hybridized carbons (Fsp3) is 0.0226. The molecule has 0 spiro atoms. The molecule has 0 atom stereocenters. The summed E-state index contributed by atoms with van der Waals surface area (Å²) in [5.41, 5.74) is 27.7. The van der Waals surface area contributed by atoms with Crippen molar-refractivity contribution >= 4 is 174 Å². The molecule has 20 aromatic carbocycles. The van der Waals surface area contributed by atoms with E-state index < -0.39 is 0 Å². The number of fused-ring (bicyclic) bond motifs is 32. The summed E-state index contributed by atoms with van der Waals surface area (Å²) in [4.78, 5) is 40.9. The highest BCUT2D eigenvalue weighted by Gasteiger charge is 2.42. The quantitative estimate of drug-likeness (QED) is 0.124. The van der Waals surface area contributed by atoms with E-state index >= 15 is 0 Å². The standard InChI is InChI=1S/C47H29N5.C44H30N4.C42H26N4/c1-4-15-31(16-5-1)45-48-46(32-17-6-2-7-18-32)50-47(49-45)52-41-29-34-20-11-10-19-33(34)28-39(41)37-25-26-38-42-36-23-13-12-14-30(36)24-27-40(42)51(44(38)43(37)52)35-21-8-3-9-22-35;1-44(2)41-32-17-6-4-14-29(32)28-13-3-5-16-31(28)40(41)34-22-21-33-30-15-7-8-20-39(30)48(43(33)42(34)44)27-25-37(35-18-9-11-23-45-35)47-38(26-27)36-19-10-12-24-46-36;1-3-14-28(15-4-1)38-35-20-9-11-21-36(35)43-42(44-38)46-39-30-18-8-7-13-27(30)23-24-33(39)34-26-25-32-31-19-10-12-22-37(31)45(40(32)41(34)46)29-16-5-2-6-17-29/h1-29H;3-26H,1-2H3;1-26H. The number of benzene rings is 20. The maximum atomic E-state index is 5.43. The van der Waals surface area contributed by atoms with Gasteiger partial charge < -0.3 is 13.7 Å². The van der Waals surface area contributed by atoms with E-state index in [0.29, 0.717) is 23.5 Å². The summed E-state index contributed by atoms with van der Waals surface area (Å²) in [7, 11) is 0. The zero-order chi connectivity index (χ0) is 96.3. The number of rotatable bonds is 10. The van der Waals surface area contributed by atoms with Crippen molar-refractivity contribution in [3.8, 4) is 96.9 Å². The van der Waals surface area contributed by atoms with Gasteiger partial charge in [-0.2, -0.15) is 9.97 Å². The molecule has 0 amide bonds. The average molecular weight is 1870 g/mol. The van der Waals surface area contributed by atoms with Crippen molar-refractivity contribution in [2.75, 3.05) is 0 Å². The van der Waals surface area contributed by atoms with Gasteiger partial charge in [0.05, 0.1) is 94.8 Å². The minimum atomic E-state index is -0.277. The van der Waals surface area contributed by atoms with Crippen LogP contribution in [0.15, 0.2) is 480 Å². The van der Waals surface area contributed by atoms with Gasteiger partial charge in [-0.3, -0.25) is 19.1 Å². The van der Waals surface area contributed by atoms with Crippen LogP contribution in [0.5, 0.6) is 0 Å². The molecule has 31 rings (SSSR count). The minimum Gasteiger partial charge on any atom is -0.309 e. The zero-order valence-corrected chi connectivity index (χ0v) is 79.4. The lowest BCUT2D eigenvalue weighted by atomic mass is 9.78. The molecule has 13 nitrogen and oxygen atoms in total. The highest BCUT2D eigenvalue weighted by molar-refractivity contribution is 6.31. The normalized spacial score (nSPS) is 12.4. The number of pyridine rings is 3. The van der Waals surface area contributed by atoms with Gasteiger partial charge in [0, 0.05) is 111 Å². The van der Waals surface area contributed by atoms with Crippen LogP contribution < -0.4 is 0 Å². The molecule has 0 unspecified atom stereocenters. The third-order valence-electron chi connectivity index (χ3n) is 29.8. The zero-order valence-electron chi connectivity index (χ0n) is 79.4. The molecule has 0 saturated carbocycles. The third-order valence-corrected chi connectivity index (χ3v) is 29.8. The van der Waals surface area contributed by atoms with Crippen molar-refractivity contribution in [1.29, 1.82) is 0 Å². The Balaban J connectivity index is 0.000000104. The molecule has 0 aliphatic heterocycles. The first kappa shape index (κ1) is 83.5. The topological polar surface area (TPSA) is 128 Å². The van der Waals surface area contributed by atoms with E-state index in [4.69, 9.17) is 39.9 Å². The second kappa shape index (κ2) is 33.4. The SMILES string of the molecule is CC1(C)c2c(c3ccccc3c3ccccc23)-c2ccc3c4ccccc4n(-c4cc(-c5ccccn5)nc(-c5ccccn5)c4)c3c21.c1ccc(-c2nc(-c3ccccc3)nc(-n3c4cc5ccccc5cc4c4ccc5c6c7ccccc7ccc6n(-c6ccccc6)c5c43)n2)cc1.c1ccc(-c2nc(-n3c4c5ccccc5ccc4c4ccc5c6ccccc6n(-c6ccccc6)c5c43)nc3ccccc23)cc1. The molecule has 146 heavy (non-hydrogen) atoms. The van der Waals surface area contributed by atoms with Crippen molar-refractivity contribution in [2.24, 2.45) is 0 Å². The molecule has 13 heteroatoms. The molecule has 1 aliphatic rings. The molecule has 0 saturated heterocycles. The highest BCUT2D eigenvalue weighted by Crippen LogP contribution is 2.59. The summed E-state index contributed by atoms with van der Waals surface area (Å²) in [6.45, 7) is 4.82. The van der Waals surface area contributed by atoms with Gasteiger partial charge in [0.15, 0.2) is 11.6 Å². The lowest BCUT2D eigenvalue weighted by Crippen LogP contribution is -2.17. The fourth-order valence-electron chi connectivity index (χ4n) is 23.6. The van der Waals surface area contributed by atoms with Gasteiger partial charge in [0.2, 0.25) is 11.9 Å². The molecule has 0 N–H and O–H groups in total.